The van der Waals surface area contributed by atoms with E-state index in [9.17, 15) is 14.7 Å². The Kier molecular flexibility index (Phi) is 3.87. The Balaban J connectivity index is 2.94. The van der Waals surface area contributed by atoms with Crippen LogP contribution in [0.1, 0.15) is 22.8 Å². The van der Waals surface area contributed by atoms with Crippen molar-refractivity contribution in [2.45, 2.75) is 13.3 Å². The van der Waals surface area contributed by atoms with Gasteiger partial charge in [-0.25, -0.2) is 9.59 Å². The summed E-state index contributed by atoms with van der Waals surface area (Å²) in [6.45, 7) is 1.46. The molecule has 0 radical (unpaired) electrons. The summed E-state index contributed by atoms with van der Waals surface area (Å²) in [7, 11) is 0. The number of carboxylic acids is 2. The summed E-state index contributed by atoms with van der Waals surface area (Å²) < 4.78 is 0. The van der Waals surface area contributed by atoms with Crippen LogP contribution in [0.2, 0.25) is 0 Å². The van der Waals surface area contributed by atoms with Gasteiger partial charge in [0.2, 0.25) is 0 Å². The molecule has 0 unspecified atom stereocenters. The predicted molar refractivity (Wildman–Crippen MR) is 60.2 cm³/mol. The van der Waals surface area contributed by atoms with E-state index < -0.39 is 11.9 Å². The smallest absolute Gasteiger partial charge is 0.339 e. The summed E-state index contributed by atoms with van der Waals surface area (Å²) in [5.41, 5.74) is 0.625. The molecule has 0 fully saturated rings. The van der Waals surface area contributed by atoms with E-state index in [4.69, 9.17) is 10.2 Å². The summed E-state index contributed by atoms with van der Waals surface area (Å²) in [6.07, 6.45) is 1.79. The molecular formula is C12H12O5. The van der Waals surface area contributed by atoms with Crippen LogP contribution in [0.5, 0.6) is 5.75 Å². The second kappa shape index (κ2) is 5.16. The summed E-state index contributed by atoms with van der Waals surface area (Å²) in [5.74, 6) is -2.54. The minimum atomic E-state index is -1.22. The molecule has 0 saturated heterocycles. The lowest BCUT2D eigenvalue weighted by atomic mass is 10.1. The molecule has 0 aliphatic carbocycles. The quantitative estimate of drug-likeness (QED) is 0.691. The normalized spacial score (nSPS) is 11.2. The maximum atomic E-state index is 10.8. The Hall–Kier alpha value is -2.30. The first-order valence-electron chi connectivity index (χ1n) is 4.87. The fourth-order valence-corrected chi connectivity index (χ4v) is 1.24. The highest BCUT2D eigenvalue weighted by molar-refractivity contribution is 5.91. The van der Waals surface area contributed by atoms with Crippen LogP contribution in [0.25, 0.3) is 0 Å². The van der Waals surface area contributed by atoms with Crippen LogP contribution in [-0.4, -0.2) is 27.3 Å². The van der Waals surface area contributed by atoms with Crippen molar-refractivity contribution in [2.75, 3.05) is 0 Å². The summed E-state index contributed by atoms with van der Waals surface area (Å²) in [6, 6.07) is 4.15. The molecule has 0 heterocycles. The van der Waals surface area contributed by atoms with Gasteiger partial charge < -0.3 is 15.3 Å². The zero-order valence-electron chi connectivity index (χ0n) is 9.17. The lowest BCUT2D eigenvalue weighted by Gasteiger charge is -2.02. The third-order valence-corrected chi connectivity index (χ3v) is 2.27. The largest absolute Gasteiger partial charge is 0.507 e. The third-order valence-electron chi connectivity index (χ3n) is 2.27. The number of carboxylic acid groups (broad SMARTS) is 2. The Morgan fingerprint density at radius 1 is 1.29 bits per heavy atom. The number of aromatic carboxylic acids is 1. The zero-order chi connectivity index (χ0) is 13.0. The van der Waals surface area contributed by atoms with Gasteiger partial charge in [0.05, 0.1) is 0 Å². The van der Waals surface area contributed by atoms with Crippen LogP contribution in [-0.2, 0) is 11.2 Å². The number of aliphatic carboxylic acids is 1. The van der Waals surface area contributed by atoms with Crippen molar-refractivity contribution < 1.29 is 24.9 Å². The topological polar surface area (TPSA) is 94.8 Å². The molecule has 0 saturated carbocycles. The number of allylic oxidation sites excluding steroid dienone is 1. The fourth-order valence-electron chi connectivity index (χ4n) is 1.24. The minimum Gasteiger partial charge on any atom is -0.507 e. The molecular weight excluding hydrogens is 224 g/mol. The monoisotopic (exact) mass is 236 g/mol. The number of phenols is 1. The van der Waals surface area contributed by atoms with Gasteiger partial charge in [-0.15, -0.1) is 0 Å². The van der Waals surface area contributed by atoms with E-state index in [1.54, 1.807) is 6.07 Å². The molecule has 1 aromatic rings. The third kappa shape index (κ3) is 3.34. The van der Waals surface area contributed by atoms with E-state index in [1.807, 2.05) is 0 Å². The standard InChI is InChI=1S/C12H12O5/c1-7(11(14)15)2-3-8-4-5-10(13)9(6-8)12(16)17/h2,4-6,13H,3H2,1H3,(H,14,15)(H,16,17). The molecule has 3 N–H and O–H groups in total. The molecule has 0 aromatic heterocycles. The molecule has 0 amide bonds. The summed E-state index contributed by atoms with van der Waals surface area (Å²) in [4.78, 5) is 21.3. The molecule has 17 heavy (non-hydrogen) atoms. The van der Waals surface area contributed by atoms with Gasteiger partial charge in [0.15, 0.2) is 0 Å². The van der Waals surface area contributed by atoms with Crippen molar-refractivity contribution in [3.8, 4) is 5.75 Å². The first-order chi connectivity index (χ1) is 7.91. The number of aromatic hydroxyl groups is 1. The fraction of sp³-hybridized carbons (Fsp3) is 0.167. The average Bonchev–Trinajstić information content (AvgIpc) is 2.26. The first-order valence-corrected chi connectivity index (χ1v) is 4.87. The van der Waals surface area contributed by atoms with Crippen LogP contribution in [0.4, 0.5) is 0 Å². The molecule has 5 heteroatoms. The maximum absolute atomic E-state index is 10.8. The van der Waals surface area contributed by atoms with Crippen LogP contribution < -0.4 is 0 Å². The van der Waals surface area contributed by atoms with E-state index in [1.165, 1.54) is 25.1 Å². The van der Waals surface area contributed by atoms with Gasteiger partial charge in [0.1, 0.15) is 11.3 Å². The van der Waals surface area contributed by atoms with E-state index >= 15 is 0 Å². The Morgan fingerprint density at radius 3 is 2.47 bits per heavy atom. The van der Waals surface area contributed by atoms with Gasteiger partial charge in [-0.3, -0.25) is 0 Å². The summed E-state index contributed by atoms with van der Waals surface area (Å²) in [5, 5.41) is 26.7. The minimum absolute atomic E-state index is 0.190. The van der Waals surface area contributed by atoms with Crippen molar-refractivity contribution in [3.63, 3.8) is 0 Å². The molecule has 1 rings (SSSR count). The van der Waals surface area contributed by atoms with Gasteiger partial charge in [-0.2, -0.15) is 0 Å². The number of benzene rings is 1. The van der Waals surface area contributed by atoms with E-state index in [2.05, 4.69) is 0 Å². The SMILES string of the molecule is CC(=CCc1ccc(O)c(C(=O)O)c1)C(=O)O. The molecule has 5 nitrogen and oxygen atoms in total. The first kappa shape index (κ1) is 12.8. The van der Waals surface area contributed by atoms with E-state index in [0.717, 1.165) is 0 Å². The molecule has 0 aliphatic rings. The molecule has 0 atom stereocenters. The lowest BCUT2D eigenvalue weighted by Crippen LogP contribution is -1.99. The maximum Gasteiger partial charge on any atom is 0.339 e. The number of rotatable bonds is 4. The van der Waals surface area contributed by atoms with Gasteiger partial charge in [0, 0.05) is 5.57 Å². The molecule has 1 aromatic carbocycles. The Labute approximate surface area is 97.6 Å². The second-order valence-corrected chi connectivity index (χ2v) is 3.55. The molecule has 0 aliphatic heterocycles. The van der Waals surface area contributed by atoms with Crippen molar-refractivity contribution in [1.29, 1.82) is 0 Å². The molecule has 0 bridgehead atoms. The van der Waals surface area contributed by atoms with Crippen LogP contribution in [0, 0.1) is 0 Å². The molecule has 0 spiro atoms. The van der Waals surface area contributed by atoms with Gasteiger partial charge in [-0.1, -0.05) is 12.1 Å². The van der Waals surface area contributed by atoms with Crippen molar-refractivity contribution in [2.24, 2.45) is 0 Å². The van der Waals surface area contributed by atoms with Crippen LogP contribution >= 0.6 is 0 Å². The highest BCUT2D eigenvalue weighted by Gasteiger charge is 2.09. The number of hydrogen-bond donors (Lipinski definition) is 3. The van der Waals surface area contributed by atoms with Crippen LogP contribution in [0.15, 0.2) is 29.8 Å². The average molecular weight is 236 g/mol. The highest BCUT2D eigenvalue weighted by Crippen LogP contribution is 2.19. The van der Waals surface area contributed by atoms with Crippen molar-refractivity contribution in [1.82, 2.24) is 0 Å². The Bertz CT molecular complexity index is 488. The predicted octanol–water partition coefficient (Wildman–Crippen LogP) is 1.66. The van der Waals surface area contributed by atoms with Crippen LogP contribution in [0.3, 0.4) is 0 Å². The van der Waals surface area contributed by atoms with E-state index in [-0.39, 0.29) is 16.9 Å². The van der Waals surface area contributed by atoms with Crippen molar-refractivity contribution in [3.05, 3.63) is 41.0 Å². The van der Waals surface area contributed by atoms with Gasteiger partial charge in [0.25, 0.3) is 0 Å². The van der Waals surface area contributed by atoms with E-state index in [0.29, 0.717) is 12.0 Å². The van der Waals surface area contributed by atoms with Crippen molar-refractivity contribution >= 4 is 11.9 Å². The second-order valence-electron chi connectivity index (χ2n) is 3.55. The Morgan fingerprint density at radius 2 is 1.94 bits per heavy atom. The highest BCUT2D eigenvalue weighted by atomic mass is 16.4. The summed E-state index contributed by atoms with van der Waals surface area (Å²) >= 11 is 0. The number of hydrogen-bond acceptors (Lipinski definition) is 3. The zero-order valence-corrected chi connectivity index (χ0v) is 9.17. The number of carbonyl (C=O) groups is 2. The van der Waals surface area contributed by atoms with Gasteiger partial charge >= 0.3 is 11.9 Å². The van der Waals surface area contributed by atoms with Gasteiger partial charge in [-0.05, 0) is 31.0 Å². The molecule has 90 valence electrons. The lowest BCUT2D eigenvalue weighted by molar-refractivity contribution is -0.132.